The van der Waals surface area contributed by atoms with Crippen LogP contribution in [0.1, 0.15) is 24.8 Å². The van der Waals surface area contributed by atoms with Crippen molar-refractivity contribution in [2.24, 2.45) is 0 Å². The van der Waals surface area contributed by atoms with Crippen LogP contribution in [0.3, 0.4) is 0 Å². The normalized spacial score (nSPS) is 15.3. The van der Waals surface area contributed by atoms with Crippen LogP contribution in [0.15, 0.2) is 15.9 Å². The van der Waals surface area contributed by atoms with Crippen molar-refractivity contribution in [3.05, 3.63) is 20.8 Å². The smallest absolute Gasteiger partial charge is 0.155 e. The molecule has 0 saturated carbocycles. The first-order chi connectivity index (χ1) is 6.68. The highest BCUT2D eigenvalue weighted by Crippen LogP contribution is 2.38. The lowest BCUT2D eigenvalue weighted by Gasteiger charge is -2.28. The maximum atomic E-state index is 11.5. The molecule has 6 heteroatoms. The van der Waals surface area contributed by atoms with E-state index in [4.69, 9.17) is 0 Å². The van der Waals surface area contributed by atoms with Crippen LogP contribution in [-0.4, -0.2) is 24.5 Å². The minimum Gasteiger partial charge on any atom is -0.386 e. The van der Waals surface area contributed by atoms with Gasteiger partial charge in [0.15, 0.2) is 9.84 Å². The fraction of sp³-hybridized carbons (Fsp3) is 0.556. The van der Waals surface area contributed by atoms with Crippen LogP contribution in [0.2, 0.25) is 0 Å². The first-order valence-corrected chi connectivity index (χ1v) is 7.85. The van der Waals surface area contributed by atoms with Crippen LogP contribution in [0, 0.1) is 0 Å². The quantitative estimate of drug-likeness (QED) is 0.932. The van der Waals surface area contributed by atoms with E-state index in [1.54, 1.807) is 11.4 Å². The Bertz CT molecular complexity index is 448. The van der Waals surface area contributed by atoms with Gasteiger partial charge in [-0.05, 0) is 41.2 Å². The molecule has 0 aromatic carbocycles. The lowest BCUT2D eigenvalue weighted by Crippen LogP contribution is -2.37. The molecule has 1 rings (SSSR count). The van der Waals surface area contributed by atoms with Gasteiger partial charge in [-0.15, -0.1) is 11.3 Å². The number of aliphatic hydroxyl groups is 1. The minimum absolute atomic E-state index is 0.644. The van der Waals surface area contributed by atoms with Gasteiger partial charge in [0.05, 0.1) is 4.75 Å². The molecule has 15 heavy (non-hydrogen) atoms. The summed E-state index contributed by atoms with van der Waals surface area (Å²) in [6.07, 6.45) is 0.124. The molecule has 0 aliphatic rings. The van der Waals surface area contributed by atoms with E-state index in [-0.39, 0.29) is 0 Å². The Morgan fingerprint density at radius 3 is 2.40 bits per heavy atom. The zero-order valence-electron chi connectivity index (χ0n) is 8.69. The Morgan fingerprint density at radius 2 is 2.07 bits per heavy atom. The van der Waals surface area contributed by atoms with Crippen molar-refractivity contribution in [1.82, 2.24) is 0 Å². The third kappa shape index (κ3) is 2.43. The summed E-state index contributed by atoms with van der Waals surface area (Å²) in [7, 11) is -3.31. The van der Waals surface area contributed by atoms with E-state index in [1.165, 1.54) is 25.2 Å². The van der Waals surface area contributed by atoms with Gasteiger partial charge < -0.3 is 5.11 Å². The van der Waals surface area contributed by atoms with E-state index in [2.05, 4.69) is 15.9 Å². The number of sulfone groups is 1. The van der Waals surface area contributed by atoms with Crippen molar-refractivity contribution >= 4 is 37.1 Å². The van der Waals surface area contributed by atoms with Gasteiger partial charge in [-0.2, -0.15) is 0 Å². The molecule has 1 N–H and O–H groups in total. The van der Waals surface area contributed by atoms with E-state index < -0.39 is 20.7 Å². The maximum Gasteiger partial charge on any atom is 0.155 e. The molecule has 1 heterocycles. The summed E-state index contributed by atoms with van der Waals surface area (Å²) in [5.41, 5.74) is 0. The van der Waals surface area contributed by atoms with Gasteiger partial charge in [0.2, 0.25) is 0 Å². The summed E-state index contributed by atoms with van der Waals surface area (Å²) in [5, 5.41) is 11.9. The summed E-state index contributed by atoms with van der Waals surface area (Å²) in [4.78, 5) is 0.644. The van der Waals surface area contributed by atoms with Crippen LogP contribution < -0.4 is 0 Å². The van der Waals surface area contributed by atoms with E-state index in [0.29, 0.717) is 4.88 Å². The predicted molar refractivity (Wildman–Crippen MR) is 65.9 cm³/mol. The molecule has 0 fully saturated rings. The second-order valence-electron chi connectivity index (χ2n) is 3.91. The van der Waals surface area contributed by atoms with E-state index >= 15 is 0 Å². The molecule has 3 nitrogen and oxygen atoms in total. The van der Waals surface area contributed by atoms with Crippen LogP contribution in [0.25, 0.3) is 0 Å². The van der Waals surface area contributed by atoms with Crippen molar-refractivity contribution in [3.8, 4) is 0 Å². The lowest BCUT2D eigenvalue weighted by atomic mass is 10.1. The number of hydrogen-bond acceptors (Lipinski definition) is 4. The number of thiophene rings is 1. The summed E-state index contributed by atoms with van der Waals surface area (Å²) >= 11 is 4.62. The lowest BCUT2D eigenvalue weighted by molar-refractivity contribution is 0.142. The van der Waals surface area contributed by atoms with Crippen molar-refractivity contribution in [3.63, 3.8) is 0 Å². The van der Waals surface area contributed by atoms with Crippen molar-refractivity contribution in [2.45, 2.75) is 24.7 Å². The zero-order chi connectivity index (χ0) is 11.9. The Kier molecular flexibility index (Phi) is 3.65. The van der Waals surface area contributed by atoms with Gasteiger partial charge in [0.1, 0.15) is 6.10 Å². The Labute approximate surface area is 102 Å². The highest BCUT2D eigenvalue weighted by Gasteiger charge is 2.40. The Hall–Kier alpha value is 0.0900. The molecule has 0 radical (unpaired) electrons. The SMILES string of the molecule is CC(C)(C(O)c1sccc1Br)S(C)(=O)=O. The van der Waals surface area contributed by atoms with Gasteiger partial charge >= 0.3 is 0 Å². The zero-order valence-corrected chi connectivity index (χ0v) is 11.9. The van der Waals surface area contributed by atoms with E-state index in [9.17, 15) is 13.5 Å². The average molecular weight is 313 g/mol. The molecule has 1 aromatic rings. The number of hydrogen-bond donors (Lipinski definition) is 1. The fourth-order valence-corrected chi connectivity index (χ4v) is 3.38. The Morgan fingerprint density at radius 1 is 1.53 bits per heavy atom. The molecule has 0 aliphatic heterocycles. The summed E-state index contributed by atoms with van der Waals surface area (Å²) in [6, 6.07) is 1.79. The second kappa shape index (κ2) is 4.16. The van der Waals surface area contributed by atoms with Crippen LogP contribution in [0.5, 0.6) is 0 Å². The monoisotopic (exact) mass is 312 g/mol. The molecule has 1 aromatic heterocycles. The highest BCUT2D eigenvalue weighted by atomic mass is 79.9. The number of aliphatic hydroxyl groups excluding tert-OH is 1. The average Bonchev–Trinajstić information content (AvgIpc) is 2.48. The summed E-state index contributed by atoms with van der Waals surface area (Å²) in [5.74, 6) is 0. The predicted octanol–water partition coefficient (Wildman–Crippen LogP) is 2.37. The van der Waals surface area contributed by atoms with Gasteiger partial charge in [-0.25, -0.2) is 8.42 Å². The topological polar surface area (TPSA) is 54.4 Å². The van der Waals surface area contributed by atoms with Crippen LogP contribution in [-0.2, 0) is 9.84 Å². The van der Waals surface area contributed by atoms with Crippen molar-refractivity contribution in [1.29, 1.82) is 0 Å². The van der Waals surface area contributed by atoms with Crippen LogP contribution in [0.4, 0.5) is 0 Å². The van der Waals surface area contributed by atoms with E-state index in [0.717, 1.165) is 10.7 Å². The first kappa shape index (κ1) is 13.2. The molecule has 0 aliphatic carbocycles. The molecule has 0 amide bonds. The molecular formula is C9H13BrO3S2. The van der Waals surface area contributed by atoms with Gasteiger partial charge in [0, 0.05) is 15.6 Å². The minimum atomic E-state index is -3.31. The van der Waals surface area contributed by atoms with E-state index in [1.807, 2.05) is 0 Å². The van der Waals surface area contributed by atoms with Gasteiger partial charge in [0.25, 0.3) is 0 Å². The van der Waals surface area contributed by atoms with Gasteiger partial charge in [-0.3, -0.25) is 0 Å². The molecule has 0 bridgehead atoms. The maximum absolute atomic E-state index is 11.5. The fourth-order valence-electron chi connectivity index (χ4n) is 1.02. The standard InChI is InChI=1S/C9H13BrO3S2/c1-9(2,15(3,12)13)8(11)7-6(10)4-5-14-7/h4-5,8,11H,1-3H3. The molecule has 1 atom stereocenters. The summed E-state index contributed by atoms with van der Waals surface area (Å²) < 4.78 is 22.6. The first-order valence-electron chi connectivity index (χ1n) is 4.28. The van der Waals surface area contributed by atoms with Crippen molar-refractivity contribution < 1.29 is 13.5 Å². The largest absolute Gasteiger partial charge is 0.386 e. The second-order valence-corrected chi connectivity index (χ2v) is 8.31. The Balaban J connectivity index is 3.16. The summed E-state index contributed by atoms with van der Waals surface area (Å²) in [6.45, 7) is 3.05. The third-order valence-electron chi connectivity index (χ3n) is 2.51. The number of rotatable bonds is 3. The highest BCUT2D eigenvalue weighted by molar-refractivity contribution is 9.10. The molecule has 0 saturated heterocycles. The number of halogens is 1. The third-order valence-corrected chi connectivity index (χ3v) is 6.57. The molecule has 86 valence electrons. The molecular weight excluding hydrogens is 300 g/mol. The molecule has 0 spiro atoms. The van der Waals surface area contributed by atoms with Gasteiger partial charge in [-0.1, -0.05) is 0 Å². The molecule has 1 unspecified atom stereocenters. The van der Waals surface area contributed by atoms with Crippen LogP contribution >= 0.6 is 27.3 Å². The van der Waals surface area contributed by atoms with Crippen molar-refractivity contribution in [2.75, 3.05) is 6.26 Å².